The summed E-state index contributed by atoms with van der Waals surface area (Å²) in [6.07, 6.45) is 1.97. The SMILES string of the molecule is [N-]=[N+]=NCc1ccoc1C=O. The molecule has 0 fully saturated rings. The molecule has 0 spiro atoms. The van der Waals surface area contributed by atoms with Gasteiger partial charge in [0, 0.05) is 10.5 Å². The zero-order valence-corrected chi connectivity index (χ0v) is 5.60. The predicted molar refractivity (Wildman–Crippen MR) is 36.9 cm³/mol. The van der Waals surface area contributed by atoms with Gasteiger partial charge < -0.3 is 4.42 Å². The molecule has 0 aliphatic carbocycles. The van der Waals surface area contributed by atoms with Crippen LogP contribution in [0, 0.1) is 0 Å². The summed E-state index contributed by atoms with van der Waals surface area (Å²) in [7, 11) is 0. The van der Waals surface area contributed by atoms with Gasteiger partial charge in [0.05, 0.1) is 12.8 Å². The molecule has 1 aromatic rings. The Morgan fingerprint density at radius 1 is 1.82 bits per heavy atom. The molecule has 56 valence electrons. The van der Waals surface area contributed by atoms with Gasteiger partial charge >= 0.3 is 0 Å². The van der Waals surface area contributed by atoms with E-state index < -0.39 is 0 Å². The Labute approximate surface area is 62.3 Å². The lowest BCUT2D eigenvalue weighted by molar-refractivity contribution is 0.109. The third kappa shape index (κ3) is 1.59. The molecule has 0 N–H and O–H groups in total. The number of carbonyl (C=O) groups is 1. The lowest BCUT2D eigenvalue weighted by Crippen LogP contribution is -1.82. The van der Waals surface area contributed by atoms with Crippen molar-refractivity contribution < 1.29 is 9.21 Å². The molecule has 1 rings (SSSR count). The van der Waals surface area contributed by atoms with Crippen LogP contribution in [0.4, 0.5) is 0 Å². The van der Waals surface area contributed by atoms with Crippen LogP contribution >= 0.6 is 0 Å². The first-order valence-electron chi connectivity index (χ1n) is 2.91. The van der Waals surface area contributed by atoms with Gasteiger partial charge in [0.2, 0.25) is 0 Å². The average molecular weight is 151 g/mol. The molecule has 1 heterocycles. The zero-order valence-electron chi connectivity index (χ0n) is 5.60. The van der Waals surface area contributed by atoms with Gasteiger partial charge in [-0.25, -0.2) is 0 Å². The number of carbonyl (C=O) groups excluding carboxylic acids is 1. The van der Waals surface area contributed by atoms with Crippen molar-refractivity contribution in [1.29, 1.82) is 0 Å². The summed E-state index contributed by atoms with van der Waals surface area (Å²) in [4.78, 5) is 12.8. The smallest absolute Gasteiger partial charge is 0.185 e. The number of rotatable bonds is 3. The van der Waals surface area contributed by atoms with Crippen LogP contribution in [0.25, 0.3) is 10.4 Å². The van der Waals surface area contributed by atoms with Crippen LogP contribution in [0.3, 0.4) is 0 Å². The molecule has 0 atom stereocenters. The van der Waals surface area contributed by atoms with Crippen LogP contribution in [0.2, 0.25) is 0 Å². The number of furan rings is 1. The Kier molecular flexibility index (Phi) is 2.30. The number of azide groups is 1. The molecular weight excluding hydrogens is 146 g/mol. The van der Waals surface area contributed by atoms with E-state index in [9.17, 15) is 4.79 Å². The van der Waals surface area contributed by atoms with E-state index in [1.807, 2.05) is 0 Å². The van der Waals surface area contributed by atoms with Gasteiger partial charge in [-0.2, -0.15) is 0 Å². The third-order valence-electron chi connectivity index (χ3n) is 1.19. The van der Waals surface area contributed by atoms with E-state index in [2.05, 4.69) is 10.0 Å². The van der Waals surface area contributed by atoms with Gasteiger partial charge in [-0.3, -0.25) is 4.79 Å². The standard InChI is InChI=1S/C6H5N3O2/c7-9-8-3-5-1-2-11-6(5)4-10/h1-2,4H,3H2. The Bertz CT molecular complexity index is 299. The molecule has 0 saturated carbocycles. The van der Waals surface area contributed by atoms with E-state index in [4.69, 9.17) is 9.95 Å². The van der Waals surface area contributed by atoms with Crippen molar-refractivity contribution in [2.24, 2.45) is 5.11 Å². The normalized spacial score (nSPS) is 8.73. The lowest BCUT2D eigenvalue weighted by atomic mass is 10.3. The molecule has 0 aromatic carbocycles. The maximum Gasteiger partial charge on any atom is 0.185 e. The summed E-state index contributed by atoms with van der Waals surface area (Å²) in [6, 6.07) is 1.60. The predicted octanol–water partition coefficient (Wildman–Crippen LogP) is 1.90. The van der Waals surface area contributed by atoms with Crippen LogP contribution in [0.1, 0.15) is 16.1 Å². The van der Waals surface area contributed by atoms with Crippen molar-refractivity contribution in [2.75, 3.05) is 0 Å². The second-order valence-electron chi connectivity index (χ2n) is 1.82. The van der Waals surface area contributed by atoms with Crippen molar-refractivity contribution >= 4 is 6.29 Å². The summed E-state index contributed by atoms with van der Waals surface area (Å²) in [5, 5.41) is 3.28. The van der Waals surface area contributed by atoms with E-state index in [0.29, 0.717) is 11.8 Å². The molecule has 0 saturated heterocycles. The van der Waals surface area contributed by atoms with E-state index in [1.165, 1.54) is 6.26 Å². The third-order valence-corrected chi connectivity index (χ3v) is 1.19. The molecule has 0 radical (unpaired) electrons. The molecule has 11 heavy (non-hydrogen) atoms. The van der Waals surface area contributed by atoms with Crippen LogP contribution in [0.15, 0.2) is 21.9 Å². The van der Waals surface area contributed by atoms with Gasteiger partial charge in [0.15, 0.2) is 12.0 Å². The van der Waals surface area contributed by atoms with Crippen LogP contribution in [-0.2, 0) is 6.54 Å². The van der Waals surface area contributed by atoms with Crippen molar-refractivity contribution in [3.8, 4) is 0 Å². The van der Waals surface area contributed by atoms with E-state index in [0.717, 1.165) is 0 Å². The molecule has 5 nitrogen and oxygen atoms in total. The molecular formula is C6H5N3O2. The molecule has 0 aliphatic heterocycles. The summed E-state index contributed by atoms with van der Waals surface area (Å²) < 4.78 is 4.76. The minimum Gasteiger partial charge on any atom is -0.461 e. The minimum absolute atomic E-state index is 0.154. The first-order valence-corrected chi connectivity index (χ1v) is 2.91. The largest absolute Gasteiger partial charge is 0.461 e. The lowest BCUT2D eigenvalue weighted by Gasteiger charge is -1.86. The van der Waals surface area contributed by atoms with Crippen LogP contribution < -0.4 is 0 Å². The highest BCUT2D eigenvalue weighted by Crippen LogP contribution is 2.08. The summed E-state index contributed by atoms with van der Waals surface area (Å²) in [5.74, 6) is 0.220. The first-order chi connectivity index (χ1) is 5.38. The maximum atomic E-state index is 10.2. The highest BCUT2D eigenvalue weighted by molar-refractivity contribution is 5.72. The van der Waals surface area contributed by atoms with Gasteiger partial charge in [0.1, 0.15) is 0 Å². The number of nitrogens with zero attached hydrogens (tertiary/aromatic N) is 3. The number of hydrogen-bond acceptors (Lipinski definition) is 3. The highest BCUT2D eigenvalue weighted by atomic mass is 16.3. The van der Waals surface area contributed by atoms with Gasteiger partial charge in [-0.05, 0) is 11.6 Å². The minimum atomic E-state index is 0.154. The Hall–Kier alpha value is -1.74. The fraction of sp³-hybridized carbons (Fsp3) is 0.167. The topological polar surface area (TPSA) is 79.0 Å². The molecule has 5 heteroatoms. The molecule has 0 bridgehead atoms. The number of hydrogen-bond donors (Lipinski definition) is 0. The van der Waals surface area contributed by atoms with E-state index >= 15 is 0 Å². The number of aldehydes is 1. The summed E-state index contributed by atoms with van der Waals surface area (Å²) >= 11 is 0. The Morgan fingerprint density at radius 3 is 3.27 bits per heavy atom. The fourth-order valence-corrected chi connectivity index (χ4v) is 0.689. The maximum absolute atomic E-state index is 10.2. The van der Waals surface area contributed by atoms with Crippen molar-refractivity contribution in [1.82, 2.24) is 0 Å². The molecule has 1 aromatic heterocycles. The fourth-order valence-electron chi connectivity index (χ4n) is 0.689. The second-order valence-corrected chi connectivity index (χ2v) is 1.82. The van der Waals surface area contributed by atoms with Crippen LogP contribution in [-0.4, -0.2) is 6.29 Å². The summed E-state index contributed by atoms with van der Waals surface area (Å²) in [6.45, 7) is 0.154. The van der Waals surface area contributed by atoms with Gasteiger partial charge in [-0.1, -0.05) is 5.11 Å². The van der Waals surface area contributed by atoms with Gasteiger partial charge in [0.25, 0.3) is 0 Å². The molecule has 0 aliphatic rings. The van der Waals surface area contributed by atoms with Crippen molar-refractivity contribution in [2.45, 2.75) is 6.54 Å². The second kappa shape index (κ2) is 3.43. The molecule has 0 unspecified atom stereocenters. The zero-order chi connectivity index (χ0) is 8.10. The van der Waals surface area contributed by atoms with Crippen molar-refractivity contribution in [3.63, 3.8) is 0 Å². The monoisotopic (exact) mass is 151 g/mol. The van der Waals surface area contributed by atoms with Crippen molar-refractivity contribution in [3.05, 3.63) is 34.1 Å². The van der Waals surface area contributed by atoms with Crippen LogP contribution in [0.5, 0.6) is 0 Å². The van der Waals surface area contributed by atoms with E-state index in [1.54, 1.807) is 6.07 Å². The highest BCUT2D eigenvalue weighted by Gasteiger charge is 2.01. The Balaban J connectivity index is 2.83. The van der Waals surface area contributed by atoms with Gasteiger partial charge in [-0.15, -0.1) is 0 Å². The Morgan fingerprint density at radius 2 is 2.64 bits per heavy atom. The first kappa shape index (κ1) is 7.37. The summed E-state index contributed by atoms with van der Waals surface area (Å²) in [5.41, 5.74) is 8.58. The quantitative estimate of drug-likeness (QED) is 0.286. The van der Waals surface area contributed by atoms with E-state index in [-0.39, 0.29) is 12.3 Å². The molecule has 0 amide bonds. The average Bonchev–Trinajstić information content (AvgIpc) is 2.47.